The quantitative estimate of drug-likeness (QED) is 0.560. The second-order valence-corrected chi connectivity index (χ2v) is 5.11. The van der Waals surface area contributed by atoms with E-state index in [1.807, 2.05) is 6.92 Å². The number of ether oxygens (including phenoxy) is 1. The molecule has 0 aliphatic heterocycles. The van der Waals surface area contributed by atoms with Gasteiger partial charge in [0.05, 0.1) is 6.10 Å². The lowest BCUT2D eigenvalue weighted by Crippen LogP contribution is -2.49. The molecule has 0 rings (SSSR count). The maximum Gasteiger partial charge on any atom is 0.323 e. The van der Waals surface area contributed by atoms with Crippen LogP contribution in [-0.4, -0.2) is 35.9 Å². The number of hydrogen-bond acceptors (Lipinski definition) is 3. The van der Waals surface area contributed by atoms with Crippen molar-refractivity contribution in [1.82, 2.24) is 5.32 Å². The average molecular weight is 259 g/mol. The smallest absolute Gasteiger partial charge is 0.323 e. The highest BCUT2D eigenvalue weighted by Gasteiger charge is 2.31. The summed E-state index contributed by atoms with van der Waals surface area (Å²) in [6.07, 6.45) is 4.70. The van der Waals surface area contributed by atoms with E-state index < -0.39 is 11.5 Å². The summed E-state index contributed by atoms with van der Waals surface area (Å²) in [5, 5.41) is 12.4. The zero-order valence-electron chi connectivity index (χ0n) is 12.3. The number of unbranched alkanes of at least 4 members (excludes halogenated alkanes) is 1. The summed E-state index contributed by atoms with van der Waals surface area (Å²) >= 11 is 0. The first-order valence-electron chi connectivity index (χ1n) is 7.06. The SMILES string of the molecule is CCCNC(C)(CCCCOC(C)CC)C(=O)O. The van der Waals surface area contributed by atoms with Crippen LogP contribution in [0.15, 0.2) is 0 Å². The maximum absolute atomic E-state index is 11.3. The molecule has 0 aliphatic carbocycles. The first kappa shape index (κ1) is 17.4. The molecular weight excluding hydrogens is 230 g/mol. The standard InChI is InChI=1S/C14H29NO3/c1-5-10-15-14(4,13(16)17)9-7-8-11-18-12(3)6-2/h12,15H,5-11H2,1-4H3,(H,16,17). The van der Waals surface area contributed by atoms with Crippen molar-refractivity contribution < 1.29 is 14.6 Å². The topological polar surface area (TPSA) is 58.6 Å². The van der Waals surface area contributed by atoms with Crippen LogP contribution in [0.5, 0.6) is 0 Å². The molecule has 0 amide bonds. The third kappa shape index (κ3) is 6.97. The van der Waals surface area contributed by atoms with Crippen molar-refractivity contribution in [1.29, 1.82) is 0 Å². The molecule has 2 unspecified atom stereocenters. The van der Waals surface area contributed by atoms with Crippen LogP contribution in [0.2, 0.25) is 0 Å². The summed E-state index contributed by atoms with van der Waals surface area (Å²) in [7, 11) is 0. The normalized spacial score (nSPS) is 16.2. The second-order valence-electron chi connectivity index (χ2n) is 5.11. The Morgan fingerprint density at radius 1 is 1.39 bits per heavy atom. The zero-order chi connectivity index (χ0) is 14.0. The van der Waals surface area contributed by atoms with Crippen molar-refractivity contribution in [2.45, 2.75) is 71.4 Å². The van der Waals surface area contributed by atoms with E-state index in [1.54, 1.807) is 6.92 Å². The molecule has 4 heteroatoms. The summed E-state index contributed by atoms with van der Waals surface area (Å²) < 4.78 is 5.58. The Balaban J connectivity index is 3.87. The molecule has 0 aliphatic rings. The first-order chi connectivity index (χ1) is 8.46. The van der Waals surface area contributed by atoms with Gasteiger partial charge in [0.25, 0.3) is 0 Å². The molecule has 2 atom stereocenters. The minimum Gasteiger partial charge on any atom is -0.480 e. The van der Waals surface area contributed by atoms with Gasteiger partial charge in [-0.2, -0.15) is 0 Å². The van der Waals surface area contributed by atoms with Gasteiger partial charge in [-0.1, -0.05) is 13.8 Å². The molecule has 4 nitrogen and oxygen atoms in total. The van der Waals surface area contributed by atoms with Crippen LogP contribution in [0.3, 0.4) is 0 Å². The van der Waals surface area contributed by atoms with Crippen molar-refractivity contribution in [2.75, 3.05) is 13.2 Å². The fraction of sp³-hybridized carbons (Fsp3) is 0.929. The number of hydrogen-bond donors (Lipinski definition) is 2. The van der Waals surface area contributed by atoms with Gasteiger partial charge < -0.3 is 15.2 Å². The second kappa shape index (κ2) is 9.34. The Labute approximate surface area is 111 Å². The Bertz CT molecular complexity index is 233. The summed E-state index contributed by atoms with van der Waals surface area (Å²) in [6, 6.07) is 0. The lowest BCUT2D eigenvalue weighted by atomic mass is 9.95. The molecule has 0 aromatic rings. The monoisotopic (exact) mass is 259 g/mol. The van der Waals surface area contributed by atoms with Crippen molar-refractivity contribution in [2.24, 2.45) is 0 Å². The predicted molar refractivity (Wildman–Crippen MR) is 73.9 cm³/mol. The Hall–Kier alpha value is -0.610. The number of nitrogens with one attached hydrogen (secondary N) is 1. The average Bonchev–Trinajstić information content (AvgIpc) is 2.35. The number of rotatable bonds is 11. The molecular formula is C14H29NO3. The van der Waals surface area contributed by atoms with Gasteiger partial charge >= 0.3 is 5.97 Å². The molecule has 0 spiro atoms. The molecule has 2 N–H and O–H groups in total. The molecule has 108 valence electrons. The van der Waals surface area contributed by atoms with Gasteiger partial charge in [-0.05, 0) is 52.5 Å². The van der Waals surface area contributed by atoms with Crippen LogP contribution >= 0.6 is 0 Å². The number of carboxylic acids is 1. The Kier molecular flexibility index (Phi) is 9.02. The van der Waals surface area contributed by atoms with Crippen molar-refractivity contribution in [3.63, 3.8) is 0 Å². The number of carbonyl (C=O) groups is 1. The summed E-state index contributed by atoms with van der Waals surface area (Å²) in [5.41, 5.74) is -0.799. The van der Waals surface area contributed by atoms with Gasteiger partial charge in [-0.3, -0.25) is 4.79 Å². The highest BCUT2D eigenvalue weighted by Crippen LogP contribution is 2.15. The third-order valence-corrected chi connectivity index (χ3v) is 3.29. The molecule has 0 saturated heterocycles. The van der Waals surface area contributed by atoms with E-state index in [9.17, 15) is 9.90 Å². The number of aliphatic carboxylic acids is 1. The zero-order valence-corrected chi connectivity index (χ0v) is 12.3. The fourth-order valence-electron chi connectivity index (χ4n) is 1.65. The molecule has 0 saturated carbocycles. The first-order valence-corrected chi connectivity index (χ1v) is 7.06. The van der Waals surface area contributed by atoms with Crippen LogP contribution in [0.25, 0.3) is 0 Å². The third-order valence-electron chi connectivity index (χ3n) is 3.29. The summed E-state index contributed by atoms with van der Waals surface area (Å²) in [4.78, 5) is 11.3. The molecule has 0 heterocycles. The van der Waals surface area contributed by atoms with Crippen LogP contribution in [0.1, 0.15) is 59.8 Å². The van der Waals surface area contributed by atoms with E-state index >= 15 is 0 Å². The van der Waals surface area contributed by atoms with E-state index in [-0.39, 0.29) is 0 Å². The van der Waals surface area contributed by atoms with Crippen LogP contribution < -0.4 is 5.32 Å². The van der Waals surface area contributed by atoms with E-state index in [1.165, 1.54) is 0 Å². The van der Waals surface area contributed by atoms with Gasteiger partial charge in [-0.25, -0.2) is 0 Å². The minimum absolute atomic E-state index is 0.300. The van der Waals surface area contributed by atoms with E-state index in [0.717, 1.165) is 38.8 Å². The summed E-state index contributed by atoms with van der Waals surface area (Å²) in [5.74, 6) is -0.765. The lowest BCUT2D eigenvalue weighted by Gasteiger charge is -2.26. The van der Waals surface area contributed by atoms with Crippen molar-refractivity contribution in [3.8, 4) is 0 Å². The molecule has 0 radical (unpaired) electrons. The van der Waals surface area contributed by atoms with E-state index in [0.29, 0.717) is 12.5 Å². The molecule has 0 aromatic carbocycles. The van der Waals surface area contributed by atoms with Gasteiger partial charge in [-0.15, -0.1) is 0 Å². The van der Waals surface area contributed by atoms with E-state index in [4.69, 9.17) is 4.74 Å². The maximum atomic E-state index is 11.3. The van der Waals surface area contributed by atoms with Crippen LogP contribution in [-0.2, 0) is 9.53 Å². The minimum atomic E-state index is -0.799. The molecule has 0 fully saturated rings. The van der Waals surface area contributed by atoms with E-state index in [2.05, 4.69) is 19.2 Å². The molecule has 0 aromatic heterocycles. The molecule has 0 bridgehead atoms. The number of carboxylic acid groups (broad SMARTS) is 1. The Morgan fingerprint density at radius 3 is 2.56 bits per heavy atom. The highest BCUT2D eigenvalue weighted by molar-refractivity contribution is 5.78. The van der Waals surface area contributed by atoms with Gasteiger partial charge in [0.15, 0.2) is 0 Å². The van der Waals surface area contributed by atoms with Crippen molar-refractivity contribution >= 4 is 5.97 Å². The van der Waals surface area contributed by atoms with Gasteiger partial charge in [0, 0.05) is 6.61 Å². The van der Waals surface area contributed by atoms with Gasteiger partial charge in [0.1, 0.15) is 5.54 Å². The Morgan fingerprint density at radius 2 is 2.06 bits per heavy atom. The van der Waals surface area contributed by atoms with Crippen LogP contribution in [0, 0.1) is 0 Å². The predicted octanol–water partition coefficient (Wildman–Crippen LogP) is 2.81. The van der Waals surface area contributed by atoms with Crippen molar-refractivity contribution in [3.05, 3.63) is 0 Å². The highest BCUT2D eigenvalue weighted by atomic mass is 16.5. The van der Waals surface area contributed by atoms with Gasteiger partial charge in [0.2, 0.25) is 0 Å². The summed E-state index contributed by atoms with van der Waals surface area (Å²) in [6.45, 7) is 9.42. The molecule has 18 heavy (non-hydrogen) atoms. The van der Waals surface area contributed by atoms with Crippen LogP contribution in [0.4, 0.5) is 0 Å². The fourth-order valence-corrected chi connectivity index (χ4v) is 1.65. The largest absolute Gasteiger partial charge is 0.480 e. The lowest BCUT2D eigenvalue weighted by molar-refractivity contribution is -0.144.